The molecule has 0 amide bonds. The van der Waals surface area contributed by atoms with Gasteiger partial charge < -0.3 is 9.80 Å². The van der Waals surface area contributed by atoms with E-state index >= 15 is 0 Å². The van der Waals surface area contributed by atoms with Gasteiger partial charge in [0.05, 0.1) is 26.2 Å². The van der Waals surface area contributed by atoms with Crippen molar-refractivity contribution in [2.75, 3.05) is 31.1 Å². The van der Waals surface area contributed by atoms with E-state index in [2.05, 4.69) is 86.7 Å². The molecule has 0 unspecified atom stereocenters. The van der Waals surface area contributed by atoms with E-state index in [1.807, 2.05) is 11.4 Å². The SMILES string of the molecule is Cc1cc(N2CC[NH+](C(c3ccccc3)c3ccccc3)CC2)n2ncnc2n1. The second kappa shape index (κ2) is 7.64. The van der Waals surface area contributed by atoms with Crippen LogP contribution in [0.5, 0.6) is 0 Å². The van der Waals surface area contributed by atoms with Gasteiger partial charge in [-0.2, -0.15) is 14.6 Å². The summed E-state index contributed by atoms with van der Waals surface area (Å²) >= 11 is 0. The van der Waals surface area contributed by atoms with Crippen LogP contribution in [0.3, 0.4) is 0 Å². The summed E-state index contributed by atoms with van der Waals surface area (Å²) in [6, 6.07) is 24.2. The molecular formula is C23H25N6+. The van der Waals surface area contributed by atoms with Gasteiger partial charge in [-0.25, -0.2) is 4.98 Å². The maximum absolute atomic E-state index is 4.47. The van der Waals surface area contributed by atoms with E-state index in [0.717, 1.165) is 37.7 Å². The highest BCUT2D eigenvalue weighted by Gasteiger charge is 2.30. The fourth-order valence-corrected chi connectivity index (χ4v) is 4.40. The summed E-state index contributed by atoms with van der Waals surface area (Å²) in [6.07, 6.45) is 1.58. The number of nitrogens with zero attached hydrogens (tertiary/aromatic N) is 5. The van der Waals surface area contributed by atoms with Gasteiger partial charge >= 0.3 is 0 Å². The molecule has 29 heavy (non-hydrogen) atoms. The molecule has 1 saturated heterocycles. The molecule has 1 fully saturated rings. The molecule has 0 saturated carbocycles. The third-order valence-electron chi connectivity index (χ3n) is 5.76. The number of rotatable bonds is 4. The van der Waals surface area contributed by atoms with Crippen LogP contribution in [0, 0.1) is 6.92 Å². The van der Waals surface area contributed by atoms with Gasteiger partial charge in [0.15, 0.2) is 0 Å². The predicted molar refractivity (Wildman–Crippen MR) is 113 cm³/mol. The Labute approximate surface area is 170 Å². The van der Waals surface area contributed by atoms with Crippen LogP contribution in [-0.4, -0.2) is 45.8 Å². The molecule has 0 aliphatic carbocycles. The summed E-state index contributed by atoms with van der Waals surface area (Å²) in [6.45, 7) is 6.09. The first-order valence-corrected chi connectivity index (χ1v) is 10.2. The number of nitrogens with one attached hydrogen (secondary N) is 1. The lowest BCUT2D eigenvalue weighted by Crippen LogP contribution is -3.15. The summed E-state index contributed by atoms with van der Waals surface area (Å²) in [5, 5.41) is 4.38. The standard InChI is InChI=1S/C23H24N6/c1-18-16-21(29-23(26-18)24-17-25-29)27-12-14-28(15-13-27)22(19-8-4-2-5-9-19)20-10-6-3-7-11-20/h2-11,16-17,22H,12-15H2,1H3/p+1. The zero-order valence-electron chi connectivity index (χ0n) is 16.6. The Balaban J connectivity index is 1.41. The summed E-state index contributed by atoms with van der Waals surface area (Å²) in [5.41, 5.74) is 3.72. The zero-order valence-corrected chi connectivity index (χ0v) is 16.6. The van der Waals surface area contributed by atoms with E-state index in [0.29, 0.717) is 11.8 Å². The van der Waals surface area contributed by atoms with Crippen molar-refractivity contribution in [3.05, 3.63) is 89.9 Å². The van der Waals surface area contributed by atoms with Crippen molar-refractivity contribution in [3.8, 4) is 0 Å². The van der Waals surface area contributed by atoms with Crippen molar-refractivity contribution < 1.29 is 4.90 Å². The van der Waals surface area contributed by atoms with Gasteiger partial charge in [0.1, 0.15) is 18.2 Å². The number of fused-ring (bicyclic) bond motifs is 1. The Morgan fingerprint density at radius 1 is 0.897 bits per heavy atom. The summed E-state index contributed by atoms with van der Waals surface area (Å²) in [7, 11) is 0. The molecule has 6 heteroatoms. The average Bonchev–Trinajstić information content (AvgIpc) is 3.24. The van der Waals surface area contributed by atoms with Crippen molar-refractivity contribution in [3.63, 3.8) is 0 Å². The lowest BCUT2D eigenvalue weighted by Gasteiger charge is -2.37. The first kappa shape index (κ1) is 17.8. The Morgan fingerprint density at radius 3 is 2.14 bits per heavy atom. The predicted octanol–water partition coefficient (Wildman–Crippen LogP) is 1.93. The highest BCUT2D eigenvalue weighted by molar-refractivity contribution is 5.47. The van der Waals surface area contributed by atoms with Crippen molar-refractivity contribution in [2.45, 2.75) is 13.0 Å². The largest absolute Gasteiger partial charge is 0.345 e. The molecule has 0 spiro atoms. The van der Waals surface area contributed by atoms with Gasteiger partial charge in [-0.1, -0.05) is 60.7 Å². The smallest absolute Gasteiger partial charge is 0.254 e. The number of anilines is 1. The molecule has 0 bridgehead atoms. The molecule has 2 aromatic carbocycles. The molecule has 0 radical (unpaired) electrons. The van der Waals surface area contributed by atoms with Crippen molar-refractivity contribution in [1.29, 1.82) is 0 Å². The van der Waals surface area contributed by atoms with E-state index in [1.54, 1.807) is 11.2 Å². The van der Waals surface area contributed by atoms with Crippen LogP contribution in [0.2, 0.25) is 0 Å². The molecule has 5 rings (SSSR count). The van der Waals surface area contributed by atoms with E-state index in [4.69, 9.17) is 0 Å². The van der Waals surface area contributed by atoms with Gasteiger partial charge in [0.25, 0.3) is 5.78 Å². The minimum atomic E-state index is 0.352. The van der Waals surface area contributed by atoms with Crippen LogP contribution >= 0.6 is 0 Å². The number of aromatic nitrogens is 4. The Kier molecular flexibility index (Phi) is 4.69. The Bertz CT molecular complexity index is 1040. The van der Waals surface area contributed by atoms with Crippen molar-refractivity contribution in [2.24, 2.45) is 0 Å². The maximum Gasteiger partial charge on any atom is 0.254 e. The van der Waals surface area contributed by atoms with Gasteiger partial charge in [-0.15, -0.1) is 0 Å². The summed E-state index contributed by atoms with van der Waals surface area (Å²) in [5.74, 6) is 1.75. The number of aryl methyl sites for hydroxylation is 1. The third kappa shape index (κ3) is 3.47. The van der Waals surface area contributed by atoms with Crippen molar-refractivity contribution >= 4 is 11.6 Å². The first-order valence-electron chi connectivity index (χ1n) is 10.2. The fraction of sp³-hybridized carbons (Fsp3) is 0.261. The molecule has 2 aromatic heterocycles. The Hall–Kier alpha value is -3.25. The number of quaternary nitrogens is 1. The van der Waals surface area contributed by atoms with Crippen LogP contribution in [0.4, 0.5) is 5.82 Å². The molecule has 1 aliphatic rings. The maximum atomic E-state index is 4.47. The third-order valence-corrected chi connectivity index (χ3v) is 5.76. The zero-order chi connectivity index (χ0) is 19.6. The quantitative estimate of drug-likeness (QED) is 0.583. The molecule has 1 aliphatic heterocycles. The van der Waals surface area contributed by atoms with Gasteiger partial charge in [-0.05, 0) is 6.92 Å². The van der Waals surface area contributed by atoms with E-state index < -0.39 is 0 Å². The van der Waals surface area contributed by atoms with Crippen LogP contribution in [0.25, 0.3) is 5.78 Å². The molecule has 1 N–H and O–H groups in total. The lowest BCUT2D eigenvalue weighted by atomic mass is 9.96. The second-order valence-corrected chi connectivity index (χ2v) is 7.63. The normalized spacial score (nSPS) is 15.3. The summed E-state index contributed by atoms with van der Waals surface area (Å²) in [4.78, 5) is 12.7. The van der Waals surface area contributed by atoms with Gasteiger partial charge in [0, 0.05) is 22.9 Å². The van der Waals surface area contributed by atoms with E-state index in [9.17, 15) is 0 Å². The first-order chi connectivity index (χ1) is 14.3. The van der Waals surface area contributed by atoms with Crippen molar-refractivity contribution in [1.82, 2.24) is 19.6 Å². The topological polar surface area (TPSA) is 50.8 Å². The molecule has 4 aromatic rings. The van der Waals surface area contributed by atoms with Crippen LogP contribution in [-0.2, 0) is 0 Å². The number of piperazine rings is 1. The van der Waals surface area contributed by atoms with Crippen LogP contribution < -0.4 is 9.80 Å². The molecule has 146 valence electrons. The second-order valence-electron chi connectivity index (χ2n) is 7.63. The highest BCUT2D eigenvalue weighted by Crippen LogP contribution is 2.21. The number of benzene rings is 2. The van der Waals surface area contributed by atoms with Gasteiger partial charge in [-0.3, -0.25) is 0 Å². The van der Waals surface area contributed by atoms with Crippen LogP contribution in [0.15, 0.2) is 73.1 Å². The monoisotopic (exact) mass is 385 g/mol. The minimum absolute atomic E-state index is 0.352. The number of hydrogen-bond donors (Lipinski definition) is 1. The highest BCUT2D eigenvalue weighted by atomic mass is 15.4. The molecular weight excluding hydrogens is 360 g/mol. The van der Waals surface area contributed by atoms with Crippen LogP contribution in [0.1, 0.15) is 22.9 Å². The number of hydrogen-bond acceptors (Lipinski definition) is 4. The lowest BCUT2D eigenvalue weighted by molar-refractivity contribution is -0.926. The molecule has 6 nitrogen and oxygen atoms in total. The van der Waals surface area contributed by atoms with Gasteiger partial charge in [0.2, 0.25) is 0 Å². The fourth-order valence-electron chi connectivity index (χ4n) is 4.40. The van der Waals surface area contributed by atoms with E-state index in [1.165, 1.54) is 11.1 Å². The molecule has 0 atom stereocenters. The molecule has 3 heterocycles. The average molecular weight is 385 g/mol. The summed E-state index contributed by atoms with van der Waals surface area (Å²) < 4.78 is 1.85. The Morgan fingerprint density at radius 2 is 1.52 bits per heavy atom. The minimum Gasteiger partial charge on any atom is -0.345 e. The van der Waals surface area contributed by atoms with E-state index in [-0.39, 0.29) is 0 Å².